The highest BCUT2D eigenvalue weighted by atomic mass is 16.3. The second kappa shape index (κ2) is 6.70. The molecule has 0 saturated carbocycles. The summed E-state index contributed by atoms with van der Waals surface area (Å²) >= 11 is 0. The summed E-state index contributed by atoms with van der Waals surface area (Å²) in [6.07, 6.45) is 1.71. The SMILES string of the molecule is Cc1ccc(C)c(CC(=O)N/N=C/c2ccccc2O)c1. The first-order chi connectivity index (χ1) is 10.1. The molecule has 0 aliphatic rings. The molecule has 0 aliphatic carbocycles. The highest BCUT2D eigenvalue weighted by Gasteiger charge is 2.05. The molecule has 2 aromatic rings. The van der Waals surface area contributed by atoms with Crippen molar-refractivity contribution >= 4 is 12.1 Å². The van der Waals surface area contributed by atoms with Gasteiger partial charge in [-0.15, -0.1) is 0 Å². The Morgan fingerprint density at radius 1 is 1.24 bits per heavy atom. The van der Waals surface area contributed by atoms with Crippen LogP contribution in [0.5, 0.6) is 5.75 Å². The Hall–Kier alpha value is -2.62. The average molecular weight is 282 g/mol. The number of hydrogen-bond donors (Lipinski definition) is 2. The van der Waals surface area contributed by atoms with Crippen molar-refractivity contribution in [2.24, 2.45) is 5.10 Å². The molecule has 0 aromatic heterocycles. The second-order valence-electron chi connectivity index (χ2n) is 4.96. The van der Waals surface area contributed by atoms with E-state index in [4.69, 9.17) is 0 Å². The van der Waals surface area contributed by atoms with Crippen LogP contribution in [0, 0.1) is 13.8 Å². The number of aromatic hydroxyl groups is 1. The topological polar surface area (TPSA) is 61.7 Å². The number of nitrogens with zero attached hydrogens (tertiary/aromatic N) is 1. The summed E-state index contributed by atoms with van der Waals surface area (Å²) in [6.45, 7) is 3.98. The van der Waals surface area contributed by atoms with Gasteiger partial charge in [-0.05, 0) is 37.1 Å². The van der Waals surface area contributed by atoms with E-state index in [1.807, 2.05) is 32.0 Å². The predicted octanol–water partition coefficient (Wildman–Crippen LogP) is 2.70. The van der Waals surface area contributed by atoms with Crippen molar-refractivity contribution in [3.63, 3.8) is 0 Å². The van der Waals surface area contributed by atoms with Gasteiger partial charge in [-0.1, -0.05) is 35.9 Å². The summed E-state index contributed by atoms with van der Waals surface area (Å²) in [5, 5.41) is 13.4. The number of para-hydroxylation sites is 1. The second-order valence-corrected chi connectivity index (χ2v) is 4.96. The summed E-state index contributed by atoms with van der Waals surface area (Å²) in [7, 11) is 0. The first-order valence-corrected chi connectivity index (χ1v) is 6.72. The maximum Gasteiger partial charge on any atom is 0.244 e. The smallest absolute Gasteiger partial charge is 0.244 e. The van der Waals surface area contributed by atoms with Gasteiger partial charge in [0.25, 0.3) is 0 Å². The number of nitrogens with one attached hydrogen (secondary N) is 1. The van der Waals surface area contributed by atoms with Gasteiger partial charge in [0.15, 0.2) is 0 Å². The number of hydrazone groups is 1. The van der Waals surface area contributed by atoms with Crippen LogP contribution in [-0.4, -0.2) is 17.2 Å². The molecule has 0 saturated heterocycles. The van der Waals surface area contributed by atoms with E-state index in [2.05, 4.69) is 10.5 Å². The number of aryl methyl sites for hydroxylation is 2. The van der Waals surface area contributed by atoms with Crippen LogP contribution < -0.4 is 5.43 Å². The maximum absolute atomic E-state index is 11.9. The van der Waals surface area contributed by atoms with Gasteiger partial charge in [0, 0.05) is 5.56 Å². The molecular weight excluding hydrogens is 264 g/mol. The fraction of sp³-hybridized carbons (Fsp3) is 0.176. The largest absolute Gasteiger partial charge is 0.507 e. The molecule has 2 N–H and O–H groups in total. The van der Waals surface area contributed by atoms with Crippen LogP contribution >= 0.6 is 0 Å². The Morgan fingerprint density at radius 3 is 2.76 bits per heavy atom. The standard InChI is InChI=1S/C17H18N2O2/c1-12-7-8-13(2)15(9-12)10-17(21)19-18-11-14-5-3-4-6-16(14)20/h3-9,11,20H,10H2,1-2H3,(H,19,21)/b18-11+. The molecule has 0 unspecified atom stereocenters. The van der Waals surface area contributed by atoms with Gasteiger partial charge in [-0.25, -0.2) is 5.43 Å². The van der Waals surface area contributed by atoms with Crippen molar-refractivity contribution in [3.8, 4) is 5.75 Å². The van der Waals surface area contributed by atoms with Crippen LogP contribution in [0.4, 0.5) is 0 Å². The van der Waals surface area contributed by atoms with Crippen molar-refractivity contribution in [2.45, 2.75) is 20.3 Å². The lowest BCUT2D eigenvalue weighted by Crippen LogP contribution is -2.20. The van der Waals surface area contributed by atoms with Crippen LogP contribution in [0.15, 0.2) is 47.6 Å². The molecule has 0 spiro atoms. The zero-order valence-electron chi connectivity index (χ0n) is 12.1. The summed E-state index contributed by atoms with van der Waals surface area (Å²) in [4.78, 5) is 11.9. The summed E-state index contributed by atoms with van der Waals surface area (Å²) in [6, 6.07) is 12.8. The summed E-state index contributed by atoms with van der Waals surface area (Å²) in [5.74, 6) is -0.0552. The normalized spacial score (nSPS) is 10.8. The third-order valence-electron chi connectivity index (χ3n) is 3.19. The number of phenolic OH excluding ortho intramolecular Hbond substituents is 1. The molecule has 4 nitrogen and oxygen atoms in total. The van der Waals surface area contributed by atoms with Crippen LogP contribution in [-0.2, 0) is 11.2 Å². The molecule has 0 aliphatic heterocycles. The van der Waals surface area contributed by atoms with E-state index in [1.165, 1.54) is 6.21 Å². The zero-order chi connectivity index (χ0) is 15.2. The first-order valence-electron chi connectivity index (χ1n) is 6.72. The molecule has 2 aromatic carbocycles. The van der Waals surface area contributed by atoms with E-state index in [0.717, 1.165) is 16.7 Å². The molecule has 0 heterocycles. The Labute approximate surface area is 124 Å². The lowest BCUT2D eigenvalue weighted by atomic mass is 10.0. The fourth-order valence-electron chi connectivity index (χ4n) is 1.97. The van der Waals surface area contributed by atoms with Gasteiger partial charge in [0.05, 0.1) is 12.6 Å². The number of carbonyl (C=O) groups is 1. The van der Waals surface area contributed by atoms with E-state index in [-0.39, 0.29) is 18.1 Å². The monoisotopic (exact) mass is 282 g/mol. The zero-order valence-corrected chi connectivity index (χ0v) is 12.1. The Kier molecular flexibility index (Phi) is 4.72. The fourth-order valence-corrected chi connectivity index (χ4v) is 1.97. The number of rotatable bonds is 4. The minimum Gasteiger partial charge on any atom is -0.507 e. The van der Waals surface area contributed by atoms with Gasteiger partial charge in [-0.2, -0.15) is 5.10 Å². The van der Waals surface area contributed by atoms with E-state index in [1.54, 1.807) is 24.3 Å². The highest BCUT2D eigenvalue weighted by Crippen LogP contribution is 2.13. The maximum atomic E-state index is 11.9. The van der Waals surface area contributed by atoms with Crippen LogP contribution in [0.25, 0.3) is 0 Å². The number of hydrogen-bond acceptors (Lipinski definition) is 3. The van der Waals surface area contributed by atoms with E-state index in [9.17, 15) is 9.90 Å². The van der Waals surface area contributed by atoms with Crippen molar-refractivity contribution in [1.29, 1.82) is 0 Å². The predicted molar refractivity (Wildman–Crippen MR) is 83.5 cm³/mol. The third kappa shape index (κ3) is 4.18. The molecule has 4 heteroatoms. The molecule has 0 bridgehead atoms. The number of benzene rings is 2. The van der Waals surface area contributed by atoms with Crippen molar-refractivity contribution in [3.05, 3.63) is 64.7 Å². The molecule has 108 valence electrons. The van der Waals surface area contributed by atoms with E-state index >= 15 is 0 Å². The van der Waals surface area contributed by atoms with Crippen molar-refractivity contribution in [2.75, 3.05) is 0 Å². The molecule has 0 radical (unpaired) electrons. The van der Waals surface area contributed by atoms with Crippen LogP contribution in [0.3, 0.4) is 0 Å². The minimum atomic E-state index is -0.185. The number of amides is 1. The van der Waals surface area contributed by atoms with Crippen LogP contribution in [0.1, 0.15) is 22.3 Å². The van der Waals surface area contributed by atoms with Gasteiger partial charge in [0.2, 0.25) is 5.91 Å². The Bertz CT molecular complexity index is 678. The molecule has 0 fully saturated rings. The van der Waals surface area contributed by atoms with E-state index in [0.29, 0.717) is 5.56 Å². The molecular formula is C17H18N2O2. The van der Waals surface area contributed by atoms with Gasteiger partial charge < -0.3 is 5.11 Å². The number of phenols is 1. The molecule has 2 rings (SSSR count). The highest BCUT2D eigenvalue weighted by molar-refractivity contribution is 5.85. The van der Waals surface area contributed by atoms with Gasteiger partial charge in [0.1, 0.15) is 5.75 Å². The van der Waals surface area contributed by atoms with Gasteiger partial charge >= 0.3 is 0 Å². The van der Waals surface area contributed by atoms with Gasteiger partial charge in [-0.3, -0.25) is 4.79 Å². The third-order valence-corrected chi connectivity index (χ3v) is 3.19. The quantitative estimate of drug-likeness (QED) is 0.669. The lowest BCUT2D eigenvalue weighted by molar-refractivity contribution is -0.120. The minimum absolute atomic E-state index is 0.130. The Morgan fingerprint density at radius 2 is 2.00 bits per heavy atom. The van der Waals surface area contributed by atoms with Crippen molar-refractivity contribution in [1.82, 2.24) is 5.43 Å². The lowest BCUT2D eigenvalue weighted by Gasteiger charge is -2.06. The Balaban J connectivity index is 1.96. The average Bonchev–Trinajstić information content (AvgIpc) is 2.45. The molecule has 1 amide bonds. The molecule has 0 atom stereocenters. The molecule has 21 heavy (non-hydrogen) atoms. The summed E-state index contributed by atoms with van der Waals surface area (Å²) in [5.41, 5.74) is 6.23. The number of carbonyl (C=O) groups excluding carboxylic acids is 1. The first kappa shape index (κ1) is 14.8. The van der Waals surface area contributed by atoms with Crippen LogP contribution in [0.2, 0.25) is 0 Å². The van der Waals surface area contributed by atoms with Crippen molar-refractivity contribution < 1.29 is 9.90 Å². The van der Waals surface area contributed by atoms with E-state index < -0.39 is 0 Å². The summed E-state index contributed by atoms with van der Waals surface area (Å²) < 4.78 is 0.